The van der Waals surface area contributed by atoms with Crippen molar-refractivity contribution < 1.29 is 0 Å². The molecular formula is C54H39N. The third-order valence-corrected chi connectivity index (χ3v) is 11.2. The van der Waals surface area contributed by atoms with Crippen molar-refractivity contribution in [3.8, 4) is 55.6 Å². The van der Waals surface area contributed by atoms with Gasteiger partial charge in [-0.05, 0) is 133 Å². The van der Waals surface area contributed by atoms with E-state index >= 15 is 0 Å². The molecule has 0 radical (unpaired) electrons. The molecule has 1 aliphatic carbocycles. The summed E-state index contributed by atoms with van der Waals surface area (Å²) in [6.07, 6.45) is 0.915. The highest BCUT2D eigenvalue weighted by Gasteiger charge is 2.22. The Morgan fingerprint density at radius 2 is 0.727 bits per heavy atom. The first kappa shape index (κ1) is 32.7. The van der Waals surface area contributed by atoms with E-state index in [4.69, 9.17) is 0 Å². The molecule has 0 bridgehead atoms. The van der Waals surface area contributed by atoms with Crippen molar-refractivity contribution in [3.63, 3.8) is 0 Å². The van der Waals surface area contributed by atoms with Crippen molar-refractivity contribution in [1.82, 2.24) is 0 Å². The van der Waals surface area contributed by atoms with Crippen LogP contribution >= 0.6 is 0 Å². The van der Waals surface area contributed by atoms with Gasteiger partial charge in [-0.3, -0.25) is 0 Å². The summed E-state index contributed by atoms with van der Waals surface area (Å²) in [5.74, 6) is 0. The van der Waals surface area contributed by atoms with Gasteiger partial charge in [0.25, 0.3) is 0 Å². The molecular weight excluding hydrogens is 663 g/mol. The fraction of sp³-hybridized carbons (Fsp3) is 0.0370. The molecule has 1 nitrogen and oxygen atoms in total. The van der Waals surface area contributed by atoms with Crippen LogP contribution < -0.4 is 4.90 Å². The average molecular weight is 702 g/mol. The van der Waals surface area contributed by atoms with Gasteiger partial charge in [-0.2, -0.15) is 0 Å². The largest absolute Gasteiger partial charge is 0.310 e. The van der Waals surface area contributed by atoms with Crippen LogP contribution in [0.3, 0.4) is 0 Å². The maximum atomic E-state index is 2.40. The second kappa shape index (κ2) is 13.8. The lowest BCUT2D eigenvalue weighted by Crippen LogP contribution is -2.10. The maximum Gasteiger partial charge on any atom is 0.0464 e. The van der Waals surface area contributed by atoms with Crippen LogP contribution in [0.2, 0.25) is 0 Å². The zero-order chi connectivity index (χ0) is 36.7. The highest BCUT2D eigenvalue weighted by Crippen LogP contribution is 2.44. The molecule has 55 heavy (non-hydrogen) atoms. The SMILES string of the molecule is Cc1ccc(-c2ccc(-c3ccc(N(c4ccc(-c5ccccc5)cc4)c4ccc5c(c4)Cc4cc(-c6ccc7ccccc7c6)ccc4-5)cc3)cc2)cc1. The van der Waals surface area contributed by atoms with Crippen LogP contribution in [0.1, 0.15) is 16.7 Å². The van der Waals surface area contributed by atoms with Crippen molar-refractivity contribution in [2.45, 2.75) is 13.3 Å². The van der Waals surface area contributed by atoms with Gasteiger partial charge >= 0.3 is 0 Å². The Bertz CT molecular complexity index is 2800. The second-order valence-corrected chi connectivity index (χ2v) is 14.7. The van der Waals surface area contributed by atoms with E-state index in [1.807, 2.05) is 0 Å². The van der Waals surface area contributed by atoms with Crippen molar-refractivity contribution in [2.75, 3.05) is 4.90 Å². The smallest absolute Gasteiger partial charge is 0.0464 e. The summed E-state index contributed by atoms with van der Waals surface area (Å²) in [5.41, 5.74) is 19.9. The van der Waals surface area contributed by atoms with Crippen LogP contribution in [0, 0.1) is 6.92 Å². The van der Waals surface area contributed by atoms with Gasteiger partial charge in [-0.15, -0.1) is 0 Å². The van der Waals surface area contributed by atoms with Crippen molar-refractivity contribution in [3.05, 3.63) is 223 Å². The molecule has 0 amide bonds. The van der Waals surface area contributed by atoms with E-state index in [9.17, 15) is 0 Å². The zero-order valence-corrected chi connectivity index (χ0v) is 30.8. The van der Waals surface area contributed by atoms with Gasteiger partial charge in [0.2, 0.25) is 0 Å². The molecule has 0 N–H and O–H groups in total. The summed E-state index contributed by atoms with van der Waals surface area (Å²) in [6, 6.07) is 75.6. The van der Waals surface area contributed by atoms with Crippen LogP contribution in [-0.4, -0.2) is 0 Å². The number of benzene rings is 9. The Hall–Kier alpha value is -6.96. The number of anilines is 3. The Morgan fingerprint density at radius 3 is 1.35 bits per heavy atom. The van der Waals surface area contributed by atoms with Crippen LogP contribution in [-0.2, 0) is 6.42 Å². The number of hydrogen-bond acceptors (Lipinski definition) is 1. The van der Waals surface area contributed by atoms with Gasteiger partial charge in [0.1, 0.15) is 0 Å². The minimum Gasteiger partial charge on any atom is -0.310 e. The van der Waals surface area contributed by atoms with Crippen molar-refractivity contribution in [2.24, 2.45) is 0 Å². The molecule has 260 valence electrons. The molecule has 0 atom stereocenters. The van der Waals surface area contributed by atoms with Gasteiger partial charge < -0.3 is 4.90 Å². The lowest BCUT2D eigenvalue weighted by Gasteiger charge is -2.26. The summed E-state index contributed by atoms with van der Waals surface area (Å²) in [6.45, 7) is 2.13. The van der Waals surface area contributed by atoms with E-state index in [0.29, 0.717) is 0 Å². The molecule has 1 heteroatoms. The summed E-state index contributed by atoms with van der Waals surface area (Å²) < 4.78 is 0. The molecule has 1 aliphatic rings. The maximum absolute atomic E-state index is 2.40. The van der Waals surface area contributed by atoms with Crippen molar-refractivity contribution in [1.29, 1.82) is 0 Å². The molecule has 0 aliphatic heterocycles. The molecule has 0 aromatic heterocycles. The first-order chi connectivity index (χ1) is 27.1. The van der Waals surface area contributed by atoms with Gasteiger partial charge in [0, 0.05) is 17.1 Å². The number of fused-ring (bicyclic) bond motifs is 4. The molecule has 0 saturated carbocycles. The van der Waals surface area contributed by atoms with Gasteiger partial charge in [-0.1, -0.05) is 169 Å². The molecule has 9 aromatic rings. The first-order valence-electron chi connectivity index (χ1n) is 19.1. The van der Waals surface area contributed by atoms with E-state index in [1.54, 1.807) is 0 Å². The quantitative estimate of drug-likeness (QED) is 0.160. The van der Waals surface area contributed by atoms with E-state index in [0.717, 1.165) is 23.5 Å². The van der Waals surface area contributed by atoms with Crippen LogP contribution in [0.25, 0.3) is 66.4 Å². The molecule has 10 rings (SSSR count). The zero-order valence-electron chi connectivity index (χ0n) is 30.8. The molecule has 0 saturated heterocycles. The minimum atomic E-state index is 0.915. The van der Waals surface area contributed by atoms with Crippen LogP contribution in [0.4, 0.5) is 17.1 Å². The summed E-state index contributed by atoms with van der Waals surface area (Å²) >= 11 is 0. The summed E-state index contributed by atoms with van der Waals surface area (Å²) in [5, 5.41) is 2.54. The third kappa shape index (κ3) is 6.30. The first-order valence-corrected chi connectivity index (χ1v) is 19.1. The summed E-state index contributed by atoms with van der Waals surface area (Å²) in [4.78, 5) is 2.39. The number of nitrogens with zero attached hydrogens (tertiary/aromatic N) is 1. The highest BCUT2D eigenvalue weighted by molar-refractivity contribution is 5.89. The second-order valence-electron chi connectivity index (χ2n) is 14.7. The predicted octanol–water partition coefficient (Wildman–Crippen LogP) is 14.9. The monoisotopic (exact) mass is 701 g/mol. The molecule has 0 fully saturated rings. The van der Waals surface area contributed by atoms with Gasteiger partial charge in [0.15, 0.2) is 0 Å². The lowest BCUT2D eigenvalue weighted by atomic mass is 9.97. The Kier molecular flexibility index (Phi) is 8.19. The van der Waals surface area contributed by atoms with Crippen molar-refractivity contribution >= 4 is 27.8 Å². The number of aryl methyl sites for hydroxylation is 1. The standard InChI is InChI=1S/C54H39N/c1-37-11-13-40(14-12-37)41-15-17-42(18-16-41)44-23-28-51(29-24-44)55(50-26-21-43(22-27-50)38-7-3-2-4-8-38)52-30-32-54-49(36-52)35-48-34-47(25-31-53(48)54)46-20-19-39-9-5-6-10-45(39)33-46/h2-34,36H,35H2,1H3. The normalized spacial score (nSPS) is 11.7. The summed E-state index contributed by atoms with van der Waals surface area (Å²) in [7, 11) is 0. The number of rotatable bonds is 7. The van der Waals surface area contributed by atoms with Gasteiger partial charge in [-0.25, -0.2) is 0 Å². The fourth-order valence-corrected chi connectivity index (χ4v) is 8.17. The molecule has 0 heterocycles. The Labute approximate surface area is 323 Å². The fourth-order valence-electron chi connectivity index (χ4n) is 8.17. The average Bonchev–Trinajstić information content (AvgIpc) is 3.62. The van der Waals surface area contributed by atoms with E-state index in [2.05, 4.69) is 218 Å². The predicted molar refractivity (Wildman–Crippen MR) is 233 cm³/mol. The van der Waals surface area contributed by atoms with E-state index < -0.39 is 0 Å². The highest BCUT2D eigenvalue weighted by atomic mass is 15.1. The van der Waals surface area contributed by atoms with E-state index in [1.165, 1.54) is 83.1 Å². The number of hydrogen-bond donors (Lipinski definition) is 0. The Morgan fingerprint density at radius 1 is 0.309 bits per heavy atom. The van der Waals surface area contributed by atoms with Gasteiger partial charge in [0.05, 0.1) is 0 Å². The molecule has 9 aromatic carbocycles. The van der Waals surface area contributed by atoms with E-state index in [-0.39, 0.29) is 0 Å². The molecule has 0 spiro atoms. The molecule has 0 unspecified atom stereocenters. The third-order valence-electron chi connectivity index (χ3n) is 11.2. The lowest BCUT2D eigenvalue weighted by molar-refractivity contribution is 1.23. The topological polar surface area (TPSA) is 3.24 Å². The van der Waals surface area contributed by atoms with Crippen LogP contribution in [0.15, 0.2) is 206 Å². The Balaban J connectivity index is 0.980. The minimum absolute atomic E-state index is 0.915. The van der Waals surface area contributed by atoms with Crippen LogP contribution in [0.5, 0.6) is 0 Å².